The molecular weight excluding hydrogens is 232 g/mol. The van der Waals surface area contributed by atoms with Crippen molar-refractivity contribution < 1.29 is 14.7 Å². The van der Waals surface area contributed by atoms with Gasteiger partial charge in [-0.15, -0.1) is 0 Å². The number of carbonyl (C=O) groups excluding carboxylic acids is 2. The lowest BCUT2D eigenvalue weighted by Crippen LogP contribution is -2.45. The Kier molecular flexibility index (Phi) is 3.52. The quantitative estimate of drug-likeness (QED) is 0.771. The van der Waals surface area contributed by atoms with E-state index >= 15 is 0 Å². The fraction of sp³-hybridized carbons (Fsp3) is 0.538. The number of hydrogen-bond donors (Lipinski definition) is 2. The zero-order chi connectivity index (χ0) is 13.3. The fourth-order valence-corrected chi connectivity index (χ4v) is 2.12. The molecule has 5 nitrogen and oxygen atoms in total. The molecule has 1 aromatic rings. The summed E-state index contributed by atoms with van der Waals surface area (Å²) in [6, 6.07) is 1.56. The van der Waals surface area contributed by atoms with Crippen molar-refractivity contribution in [3.05, 3.63) is 23.5 Å². The third-order valence-electron chi connectivity index (χ3n) is 3.53. The summed E-state index contributed by atoms with van der Waals surface area (Å²) in [5.74, 6) is -0.00322. The topological polar surface area (TPSA) is 73.4 Å². The lowest BCUT2D eigenvalue weighted by Gasteiger charge is -2.34. The van der Waals surface area contributed by atoms with Gasteiger partial charge in [0.05, 0.1) is 6.10 Å². The summed E-state index contributed by atoms with van der Waals surface area (Å²) in [7, 11) is 0. The lowest BCUT2D eigenvalue weighted by molar-refractivity contribution is 0.0245. The van der Waals surface area contributed by atoms with Crippen molar-refractivity contribution >= 4 is 11.7 Å². The predicted molar refractivity (Wildman–Crippen MR) is 66.5 cm³/mol. The number of ketones is 1. The molecule has 1 saturated heterocycles. The second kappa shape index (κ2) is 4.94. The van der Waals surface area contributed by atoms with Gasteiger partial charge in [-0.3, -0.25) is 9.59 Å². The van der Waals surface area contributed by atoms with Crippen LogP contribution in [0.3, 0.4) is 0 Å². The number of carbonyl (C=O) groups is 2. The summed E-state index contributed by atoms with van der Waals surface area (Å²) in [6.45, 7) is 4.44. The number of nitrogens with one attached hydrogen (secondary N) is 1. The number of aromatic amines is 1. The minimum Gasteiger partial charge on any atom is -0.391 e. The molecule has 2 rings (SSSR count). The smallest absolute Gasteiger partial charge is 0.270 e. The van der Waals surface area contributed by atoms with E-state index < -0.39 is 6.10 Å². The van der Waals surface area contributed by atoms with Gasteiger partial charge in [0.15, 0.2) is 5.78 Å². The molecule has 0 aromatic carbocycles. The maximum atomic E-state index is 12.2. The minimum atomic E-state index is -0.468. The van der Waals surface area contributed by atoms with Crippen molar-refractivity contribution in [2.45, 2.75) is 26.4 Å². The van der Waals surface area contributed by atoms with E-state index in [0.717, 1.165) is 6.42 Å². The number of aromatic nitrogens is 1. The number of β-amino-alcohol motifs (C(OH)–C–C–N with tert-alkyl or cyclic N) is 1. The molecule has 1 aliphatic rings. The van der Waals surface area contributed by atoms with Crippen LogP contribution in [0.15, 0.2) is 12.3 Å². The van der Waals surface area contributed by atoms with Gasteiger partial charge in [-0.25, -0.2) is 0 Å². The summed E-state index contributed by atoms with van der Waals surface area (Å²) < 4.78 is 0. The Bertz CT molecular complexity index is 467. The molecular formula is C13H18N2O3. The van der Waals surface area contributed by atoms with Crippen LogP contribution in [0.4, 0.5) is 0 Å². The van der Waals surface area contributed by atoms with E-state index in [1.807, 2.05) is 6.92 Å². The van der Waals surface area contributed by atoms with Gasteiger partial charge in [0.25, 0.3) is 5.91 Å². The van der Waals surface area contributed by atoms with Gasteiger partial charge in [-0.1, -0.05) is 6.92 Å². The standard InChI is InChI=1S/C13H18N2O3/c1-8-3-4-15(7-12(8)17)13(18)11-5-10(6-14-11)9(2)16/h5-6,8,12,14,17H,3-4,7H2,1-2H3. The Morgan fingerprint density at radius 1 is 1.50 bits per heavy atom. The van der Waals surface area contributed by atoms with Gasteiger partial charge in [0.1, 0.15) is 5.69 Å². The maximum absolute atomic E-state index is 12.2. The van der Waals surface area contributed by atoms with E-state index in [4.69, 9.17) is 0 Å². The van der Waals surface area contributed by atoms with E-state index in [-0.39, 0.29) is 17.6 Å². The van der Waals surface area contributed by atoms with Gasteiger partial charge in [0.2, 0.25) is 0 Å². The van der Waals surface area contributed by atoms with Crippen molar-refractivity contribution in [3.63, 3.8) is 0 Å². The van der Waals surface area contributed by atoms with Gasteiger partial charge < -0.3 is 15.0 Å². The van der Waals surface area contributed by atoms with Crippen LogP contribution in [0.1, 0.15) is 41.1 Å². The number of likely N-dealkylation sites (tertiary alicyclic amines) is 1. The monoisotopic (exact) mass is 250 g/mol. The third kappa shape index (κ3) is 2.46. The molecule has 0 saturated carbocycles. The molecule has 1 aromatic heterocycles. The minimum absolute atomic E-state index is 0.0717. The normalized spacial score (nSPS) is 24.1. The first kappa shape index (κ1) is 12.8. The summed E-state index contributed by atoms with van der Waals surface area (Å²) in [5.41, 5.74) is 0.909. The van der Waals surface area contributed by atoms with Crippen LogP contribution < -0.4 is 0 Å². The Labute approximate surface area is 106 Å². The molecule has 18 heavy (non-hydrogen) atoms. The highest BCUT2D eigenvalue weighted by atomic mass is 16.3. The molecule has 0 radical (unpaired) electrons. The average molecular weight is 250 g/mol. The fourth-order valence-electron chi connectivity index (χ4n) is 2.12. The van der Waals surface area contributed by atoms with E-state index in [0.29, 0.717) is 24.3 Å². The first-order chi connectivity index (χ1) is 8.49. The molecule has 1 fully saturated rings. The number of nitrogens with zero attached hydrogens (tertiary/aromatic N) is 1. The Morgan fingerprint density at radius 3 is 2.78 bits per heavy atom. The molecule has 98 valence electrons. The van der Waals surface area contributed by atoms with Crippen LogP contribution in [0.25, 0.3) is 0 Å². The first-order valence-electron chi connectivity index (χ1n) is 6.15. The Morgan fingerprint density at radius 2 is 2.22 bits per heavy atom. The molecule has 2 atom stereocenters. The zero-order valence-corrected chi connectivity index (χ0v) is 10.6. The number of H-pyrrole nitrogens is 1. The van der Waals surface area contributed by atoms with Crippen molar-refractivity contribution in [1.82, 2.24) is 9.88 Å². The van der Waals surface area contributed by atoms with Crippen molar-refractivity contribution in [2.75, 3.05) is 13.1 Å². The summed E-state index contributed by atoms with van der Waals surface area (Å²) >= 11 is 0. The van der Waals surface area contributed by atoms with Crippen LogP contribution >= 0.6 is 0 Å². The molecule has 5 heteroatoms. The predicted octanol–water partition coefficient (Wildman–Crippen LogP) is 1.06. The van der Waals surface area contributed by atoms with Crippen LogP contribution in [-0.4, -0.2) is 45.9 Å². The number of Topliss-reactive ketones (excluding diaryl/α,β-unsaturated/α-hetero) is 1. The summed E-state index contributed by atoms with van der Waals surface area (Å²) in [5, 5.41) is 9.78. The van der Waals surface area contributed by atoms with Crippen molar-refractivity contribution in [3.8, 4) is 0 Å². The Hall–Kier alpha value is -1.62. The molecule has 0 aliphatic carbocycles. The van der Waals surface area contributed by atoms with Gasteiger partial charge in [-0.05, 0) is 25.3 Å². The highest BCUT2D eigenvalue weighted by Gasteiger charge is 2.28. The van der Waals surface area contributed by atoms with Crippen molar-refractivity contribution in [2.24, 2.45) is 5.92 Å². The van der Waals surface area contributed by atoms with Gasteiger partial charge in [0, 0.05) is 24.8 Å². The van der Waals surface area contributed by atoms with Crippen LogP contribution in [0.2, 0.25) is 0 Å². The lowest BCUT2D eigenvalue weighted by atomic mass is 9.96. The van der Waals surface area contributed by atoms with E-state index in [9.17, 15) is 14.7 Å². The SMILES string of the molecule is CC(=O)c1c[nH]c(C(=O)N2CCC(C)C(O)C2)c1. The molecule has 1 amide bonds. The van der Waals surface area contributed by atoms with E-state index in [2.05, 4.69) is 4.98 Å². The maximum Gasteiger partial charge on any atom is 0.270 e. The second-order valence-corrected chi connectivity index (χ2v) is 4.94. The summed E-state index contributed by atoms with van der Waals surface area (Å²) in [4.78, 5) is 27.8. The largest absolute Gasteiger partial charge is 0.391 e. The van der Waals surface area contributed by atoms with Crippen molar-refractivity contribution in [1.29, 1.82) is 0 Å². The van der Waals surface area contributed by atoms with Gasteiger partial charge in [-0.2, -0.15) is 0 Å². The molecule has 1 aliphatic heterocycles. The van der Waals surface area contributed by atoms with Gasteiger partial charge >= 0.3 is 0 Å². The summed E-state index contributed by atoms with van der Waals surface area (Å²) in [6.07, 6.45) is 1.87. The molecule has 2 unspecified atom stereocenters. The zero-order valence-electron chi connectivity index (χ0n) is 10.6. The number of aliphatic hydroxyl groups excluding tert-OH is 1. The number of aliphatic hydroxyl groups is 1. The van der Waals surface area contributed by atoms with E-state index in [1.54, 1.807) is 17.2 Å². The number of amides is 1. The molecule has 0 spiro atoms. The molecule has 0 bridgehead atoms. The highest BCUT2D eigenvalue weighted by Crippen LogP contribution is 2.19. The molecule has 2 N–H and O–H groups in total. The number of piperidine rings is 1. The number of rotatable bonds is 2. The number of hydrogen-bond acceptors (Lipinski definition) is 3. The molecule has 2 heterocycles. The van der Waals surface area contributed by atoms with Crippen LogP contribution in [0.5, 0.6) is 0 Å². The average Bonchev–Trinajstić information content (AvgIpc) is 2.81. The highest BCUT2D eigenvalue weighted by molar-refractivity contribution is 5.99. The first-order valence-corrected chi connectivity index (χ1v) is 6.15. The third-order valence-corrected chi connectivity index (χ3v) is 3.53. The Balaban J connectivity index is 2.09. The van der Waals surface area contributed by atoms with Crippen LogP contribution in [0, 0.1) is 5.92 Å². The van der Waals surface area contributed by atoms with E-state index in [1.165, 1.54) is 6.92 Å². The second-order valence-electron chi connectivity index (χ2n) is 4.94. The van der Waals surface area contributed by atoms with Crippen LogP contribution in [-0.2, 0) is 0 Å².